The number of rotatable bonds is 10. The molecular formula is C21H39N5O. The molecule has 6 nitrogen and oxygen atoms in total. The van der Waals surface area contributed by atoms with Gasteiger partial charge in [0.2, 0.25) is 0 Å². The first-order valence-corrected chi connectivity index (χ1v) is 10.5. The lowest BCUT2D eigenvalue weighted by molar-refractivity contribution is 0.146. The van der Waals surface area contributed by atoms with Crippen LogP contribution in [0.3, 0.4) is 0 Å². The molecule has 154 valence electrons. The lowest BCUT2D eigenvalue weighted by Crippen LogP contribution is -2.44. The Balaban J connectivity index is 1.75. The second-order valence-corrected chi connectivity index (χ2v) is 7.79. The van der Waals surface area contributed by atoms with Crippen molar-refractivity contribution in [2.24, 2.45) is 4.99 Å². The van der Waals surface area contributed by atoms with Crippen LogP contribution in [0.5, 0.6) is 0 Å². The van der Waals surface area contributed by atoms with Gasteiger partial charge >= 0.3 is 0 Å². The lowest BCUT2D eigenvalue weighted by Gasteiger charge is -2.33. The number of likely N-dealkylation sites (tertiary alicyclic amines) is 1. The van der Waals surface area contributed by atoms with Crippen LogP contribution in [0, 0.1) is 0 Å². The van der Waals surface area contributed by atoms with Crippen molar-refractivity contribution >= 4 is 5.96 Å². The van der Waals surface area contributed by atoms with Crippen molar-refractivity contribution in [1.82, 2.24) is 20.4 Å². The summed E-state index contributed by atoms with van der Waals surface area (Å²) in [5.41, 5.74) is 0. The zero-order valence-electron chi connectivity index (χ0n) is 17.7. The van der Waals surface area contributed by atoms with Crippen molar-refractivity contribution in [1.29, 1.82) is 0 Å². The Kier molecular flexibility index (Phi) is 9.70. The van der Waals surface area contributed by atoms with Crippen molar-refractivity contribution in [3.63, 3.8) is 0 Å². The van der Waals surface area contributed by atoms with Gasteiger partial charge in [0.1, 0.15) is 5.76 Å². The third-order valence-corrected chi connectivity index (χ3v) is 5.50. The van der Waals surface area contributed by atoms with Crippen molar-refractivity contribution in [3.8, 4) is 0 Å². The Morgan fingerprint density at radius 1 is 1.22 bits per heavy atom. The number of furan rings is 1. The van der Waals surface area contributed by atoms with E-state index in [4.69, 9.17) is 4.42 Å². The molecule has 0 aliphatic carbocycles. The molecule has 0 aromatic carbocycles. The fraction of sp³-hybridized carbons (Fsp3) is 0.762. The summed E-state index contributed by atoms with van der Waals surface area (Å²) in [7, 11) is 4.03. The van der Waals surface area contributed by atoms with E-state index < -0.39 is 0 Å². The van der Waals surface area contributed by atoms with Gasteiger partial charge in [0.15, 0.2) is 5.96 Å². The van der Waals surface area contributed by atoms with E-state index in [1.807, 2.05) is 13.1 Å². The van der Waals surface area contributed by atoms with Crippen LogP contribution < -0.4 is 10.6 Å². The molecule has 1 aliphatic heterocycles. The molecule has 0 bridgehead atoms. The molecule has 1 aromatic rings. The first-order valence-electron chi connectivity index (χ1n) is 10.5. The van der Waals surface area contributed by atoms with Gasteiger partial charge in [-0.2, -0.15) is 0 Å². The van der Waals surface area contributed by atoms with Crippen LogP contribution in [-0.4, -0.2) is 68.6 Å². The minimum Gasteiger partial charge on any atom is -0.468 e. The predicted octanol–water partition coefficient (Wildman–Crippen LogP) is 3.09. The van der Waals surface area contributed by atoms with E-state index in [2.05, 4.69) is 52.4 Å². The van der Waals surface area contributed by atoms with Crippen LogP contribution in [-0.2, 0) is 0 Å². The quantitative estimate of drug-likeness (QED) is 0.373. The van der Waals surface area contributed by atoms with Gasteiger partial charge in [-0.05, 0) is 78.3 Å². The van der Waals surface area contributed by atoms with Crippen LogP contribution in [0.25, 0.3) is 0 Å². The summed E-state index contributed by atoms with van der Waals surface area (Å²) < 4.78 is 5.72. The van der Waals surface area contributed by atoms with Crippen molar-refractivity contribution in [3.05, 3.63) is 24.2 Å². The highest BCUT2D eigenvalue weighted by molar-refractivity contribution is 5.79. The summed E-state index contributed by atoms with van der Waals surface area (Å²) in [6.45, 7) is 9.65. The molecule has 2 rings (SSSR count). The second kappa shape index (κ2) is 12.0. The minimum atomic E-state index is 0.263. The molecule has 0 amide bonds. The van der Waals surface area contributed by atoms with Crippen LogP contribution >= 0.6 is 0 Å². The summed E-state index contributed by atoms with van der Waals surface area (Å²) in [4.78, 5) is 9.30. The Morgan fingerprint density at radius 3 is 2.63 bits per heavy atom. The topological polar surface area (TPSA) is 56.0 Å². The molecule has 2 N–H and O–H groups in total. The lowest BCUT2D eigenvalue weighted by atomic mass is 10.1. The van der Waals surface area contributed by atoms with Gasteiger partial charge in [-0.25, -0.2) is 0 Å². The van der Waals surface area contributed by atoms with Crippen molar-refractivity contribution in [2.75, 3.05) is 46.8 Å². The van der Waals surface area contributed by atoms with E-state index in [9.17, 15) is 0 Å². The molecule has 0 radical (unpaired) electrons. The average molecular weight is 378 g/mol. The van der Waals surface area contributed by atoms with Crippen molar-refractivity contribution < 1.29 is 4.42 Å². The molecule has 6 heteroatoms. The molecule has 1 aromatic heterocycles. The first kappa shape index (κ1) is 21.8. The summed E-state index contributed by atoms with van der Waals surface area (Å²) in [5.74, 6) is 1.91. The van der Waals surface area contributed by atoms with Gasteiger partial charge in [0.25, 0.3) is 0 Å². The highest BCUT2D eigenvalue weighted by Gasteiger charge is 2.24. The Labute approximate surface area is 165 Å². The molecule has 1 fully saturated rings. The summed E-state index contributed by atoms with van der Waals surface area (Å²) in [6.07, 6.45) is 7.99. The highest BCUT2D eigenvalue weighted by atomic mass is 16.3. The van der Waals surface area contributed by atoms with Crippen molar-refractivity contribution in [2.45, 2.75) is 58.0 Å². The first-order chi connectivity index (χ1) is 13.1. The van der Waals surface area contributed by atoms with Crippen LogP contribution in [0.15, 0.2) is 27.8 Å². The number of hydrogen-bond donors (Lipinski definition) is 2. The number of piperidine rings is 1. The number of unbranched alkanes of at least 4 members (excludes halogenated alkanes) is 1. The number of aliphatic imine (C=N–C) groups is 1. The number of nitrogens with zero attached hydrogens (tertiary/aromatic N) is 3. The van der Waals surface area contributed by atoms with E-state index in [0.29, 0.717) is 6.04 Å². The highest BCUT2D eigenvalue weighted by Crippen LogP contribution is 2.24. The fourth-order valence-corrected chi connectivity index (χ4v) is 3.49. The zero-order valence-corrected chi connectivity index (χ0v) is 17.7. The number of guanidine groups is 1. The molecule has 1 unspecified atom stereocenters. The molecule has 2 heterocycles. The Bertz CT molecular complexity index is 523. The summed E-state index contributed by atoms with van der Waals surface area (Å²) >= 11 is 0. The molecule has 1 saturated heterocycles. The molecule has 1 aliphatic rings. The van der Waals surface area contributed by atoms with E-state index in [0.717, 1.165) is 50.9 Å². The van der Waals surface area contributed by atoms with E-state index in [1.54, 1.807) is 6.26 Å². The number of nitrogens with one attached hydrogen (secondary N) is 2. The maximum atomic E-state index is 5.72. The third kappa shape index (κ3) is 7.54. The van der Waals surface area contributed by atoms with E-state index in [1.165, 1.54) is 25.7 Å². The summed E-state index contributed by atoms with van der Waals surface area (Å²) in [6, 6.07) is 4.94. The van der Waals surface area contributed by atoms with Gasteiger partial charge in [-0.15, -0.1) is 0 Å². The maximum absolute atomic E-state index is 5.72. The van der Waals surface area contributed by atoms with Crippen LogP contribution in [0.4, 0.5) is 0 Å². The second-order valence-electron chi connectivity index (χ2n) is 7.79. The van der Waals surface area contributed by atoms with E-state index in [-0.39, 0.29) is 6.04 Å². The molecule has 27 heavy (non-hydrogen) atoms. The molecule has 1 atom stereocenters. The summed E-state index contributed by atoms with van der Waals surface area (Å²) in [5, 5.41) is 6.95. The SMILES string of the molecule is CN=C(NCCCCN(C)C(C)C)NCC(c1ccco1)N1CCCCC1. The minimum absolute atomic E-state index is 0.263. The fourth-order valence-electron chi connectivity index (χ4n) is 3.49. The third-order valence-electron chi connectivity index (χ3n) is 5.50. The molecule has 0 spiro atoms. The monoisotopic (exact) mass is 377 g/mol. The number of hydrogen-bond acceptors (Lipinski definition) is 4. The Hall–Kier alpha value is -1.53. The van der Waals surface area contributed by atoms with Crippen LogP contribution in [0.1, 0.15) is 57.8 Å². The van der Waals surface area contributed by atoms with Crippen LogP contribution in [0.2, 0.25) is 0 Å². The smallest absolute Gasteiger partial charge is 0.191 e. The van der Waals surface area contributed by atoms with Gasteiger partial charge in [-0.1, -0.05) is 6.42 Å². The van der Waals surface area contributed by atoms with E-state index >= 15 is 0 Å². The van der Waals surface area contributed by atoms with Gasteiger partial charge in [0.05, 0.1) is 12.3 Å². The Morgan fingerprint density at radius 2 is 2.00 bits per heavy atom. The van der Waals surface area contributed by atoms with Gasteiger partial charge in [0, 0.05) is 26.2 Å². The largest absolute Gasteiger partial charge is 0.468 e. The van der Waals surface area contributed by atoms with Gasteiger partial charge < -0.3 is 20.0 Å². The predicted molar refractivity (Wildman–Crippen MR) is 113 cm³/mol. The standard InChI is InChI=1S/C21H39N5O/c1-18(2)25(4)13-9-6-12-23-21(22-3)24-17-19(20-11-10-16-27-20)26-14-7-5-8-15-26/h10-11,16,18-19H,5-9,12-15,17H2,1-4H3,(H2,22,23,24). The average Bonchev–Trinajstić information content (AvgIpc) is 3.21. The van der Waals surface area contributed by atoms with Gasteiger partial charge in [-0.3, -0.25) is 9.89 Å². The zero-order chi connectivity index (χ0) is 19.5. The normalized spacial score (nSPS) is 17.5. The molecule has 0 saturated carbocycles. The molecular weight excluding hydrogens is 338 g/mol. The maximum Gasteiger partial charge on any atom is 0.191 e.